The summed E-state index contributed by atoms with van der Waals surface area (Å²) in [4.78, 5) is 0. The lowest BCUT2D eigenvalue weighted by Crippen LogP contribution is -2.28. The van der Waals surface area contributed by atoms with Crippen LogP contribution >= 0.6 is 0 Å². The normalized spacial score (nSPS) is 23.2. The van der Waals surface area contributed by atoms with Gasteiger partial charge in [0.05, 0.1) is 12.7 Å². The minimum atomic E-state index is 0.365. The van der Waals surface area contributed by atoms with Crippen molar-refractivity contribution in [1.82, 2.24) is 5.32 Å². The average molecular weight is 215 g/mol. The van der Waals surface area contributed by atoms with Gasteiger partial charge in [0.1, 0.15) is 0 Å². The fourth-order valence-corrected chi connectivity index (χ4v) is 1.74. The molecule has 3 nitrogen and oxygen atoms in total. The number of nitrogens with one attached hydrogen (secondary N) is 1. The van der Waals surface area contributed by atoms with Crippen LogP contribution in [0.5, 0.6) is 0 Å². The third-order valence-corrected chi connectivity index (χ3v) is 2.77. The van der Waals surface area contributed by atoms with E-state index in [1.807, 2.05) is 0 Å². The molecule has 1 rings (SSSR count). The molecule has 1 saturated heterocycles. The van der Waals surface area contributed by atoms with Gasteiger partial charge in [-0.2, -0.15) is 0 Å². The summed E-state index contributed by atoms with van der Waals surface area (Å²) in [5.41, 5.74) is 0. The van der Waals surface area contributed by atoms with Crippen LogP contribution < -0.4 is 5.32 Å². The van der Waals surface area contributed by atoms with Gasteiger partial charge in [0.2, 0.25) is 0 Å². The Morgan fingerprint density at radius 3 is 3.07 bits per heavy atom. The molecular formula is C12H25NO2. The zero-order valence-electron chi connectivity index (χ0n) is 10.1. The minimum Gasteiger partial charge on any atom is -0.379 e. The Bertz CT molecular complexity index is 147. The summed E-state index contributed by atoms with van der Waals surface area (Å²) in [6, 6.07) is 0.564. The number of ether oxygens (including phenoxy) is 2. The molecule has 0 spiro atoms. The smallest absolute Gasteiger partial charge is 0.0809 e. The van der Waals surface area contributed by atoms with Crippen LogP contribution in [-0.2, 0) is 9.47 Å². The second-order valence-electron chi connectivity index (χ2n) is 4.35. The summed E-state index contributed by atoms with van der Waals surface area (Å²) in [7, 11) is 0. The van der Waals surface area contributed by atoms with E-state index in [0.717, 1.165) is 32.8 Å². The number of hydrogen-bond acceptors (Lipinski definition) is 3. The van der Waals surface area contributed by atoms with Gasteiger partial charge in [0, 0.05) is 19.3 Å². The molecule has 0 aromatic carbocycles. The van der Waals surface area contributed by atoms with Gasteiger partial charge in [0.25, 0.3) is 0 Å². The van der Waals surface area contributed by atoms with Gasteiger partial charge in [-0.3, -0.25) is 0 Å². The maximum atomic E-state index is 5.60. The Kier molecular flexibility index (Phi) is 6.98. The Labute approximate surface area is 93.5 Å². The van der Waals surface area contributed by atoms with E-state index < -0.39 is 0 Å². The molecule has 2 atom stereocenters. The highest BCUT2D eigenvalue weighted by atomic mass is 16.5. The number of hydrogen-bond donors (Lipinski definition) is 1. The Hall–Kier alpha value is -0.120. The molecule has 0 aliphatic carbocycles. The molecule has 3 heteroatoms. The molecule has 0 saturated carbocycles. The van der Waals surface area contributed by atoms with Gasteiger partial charge in [0.15, 0.2) is 0 Å². The van der Waals surface area contributed by atoms with Gasteiger partial charge < -0.3 is 14.8 Å². The average Bonchev–Trinajstić information content (AvgIpc) is 2.74. The zero-order valence-corrected chi connectivity index (χ0v) is 10.1. The van der Waals surface area contributed by atoms with Crippen LogP contribution in [0.2, 0.25) is 0 Å². The van der Waals surface area contributed by atoms with E-state index in [9.17, 15) is 0 Å². The third kappa shape index (κ3) is 6.13. The maximum Gasteiger partial charge on any atom is 0.0809 e. The lowest BCUT2D eigenvalue weighted by atomic mass is 10.2. The first-order chi connectivity index (χ1) is 7.33. The second-order valence-corrected chi connectivity index (χ2v) is 4.35. The quantitative estimate of drug-likeness (QED) is 0.628. The molecule has 1 aliphatic heterocycles. The van der Waals surface area contributed by atoms with Gasteiger partial charge in [-0.1, -0.05) is 6.92 Å². The summed E-state index contributed by atoms with van der Waals surface area (Å²) in [6.07, 6.45) is 5.02. The van der Waals surface area contributed by atoms with Crippen LogP contribution in [-0.4, -0.2) is 38.5 Å². The summed E-state index contributed by atoms with van der Waals surface area (Å²) >= 11 is 0. The van der Waals surface area contributed by atoms with Crippen LogP contribution in [0.15, 0.2) is 0 Å². The highest BCUT2D eigenvalue weighted by Gasteiger charge is 2.15. The number of rotatable bonds is 8. The molecule has 90 valence electrons. The summed E-state index contributed by atoms with van der Waals surface area (Å²) in [5, 5.41) is 3.45. The minimum absolute atomic E-state index is 0.365. The highest BCUT2D eigenvalue weighted by molar-refractivity contribution is 4.64. The summed E-state index contributed by atoms with van der Waals surface area (Å²) in [6.45, 7) is 8.05. The SMILES string of the molecule is CCCNC(C)CCOCC1CCCO1. The van der Waals surface area contributed by atoms with Crippen molar-refractivity contribution >= 4 is 0 Å². The van der Waals surface area contributed by atoms with Crippen molar-refractivity contribution < 1.29 is 9.47 Å². The summed E-state index contributed by atoms with van der Waals surface area (Å²) < 4.78 is 11.1. The molecule has 1 N–H and O–H groups in total. The first kappa shape index (κ1) is 12.9. The second kappa shape index (κ2) is 8.08. The van der Waals surface area contributed by atoms with Crippen LogP contribution in [0.3, 0.4) is 0 Å². The van der Waals surface area contributed by atoms with Crippen molar-refractivity contribution in [3.63, 3.8) is 0 Å². The van der Waals surface area contributed by atoms with Crippen molar-refractivity contribution in [3.05, 3.63) is 0 Å². The highest BCUT2D eigenvalue weighted by Crippen LogP contribution is 2.11. The molecule has 1 fully saturated rings. The van der Waals surface area contributed by atoms with Crippen molar-refractivity contribution in [3.8, 4) is 0 Å². The standard InChI is InChI=1S/C12H25NO2/c1-3-7-13-11(2)6-9-14-10-12-5-4-8-15-12/h11-13H,3-10H2,1-2H3. The molecule has 2 unspecified atom stereocenters. The van der Waals surface area contributed by atoms with Crippen LogP contribution in [0.1, 0.15) is 39.5 Å². The molecule has 1 aliphatic rings. The van der Waals surface area contributed by atoms with Crippen molar-refractivity contribution in [2.45, 2.75) is 51.7 Å². The zero-order chi connectivity index (χ0) is 10.9. The van der Waals surface area contributed by atoms with E-state index in [0.29, 0.717) is 12.1 Å². The van der Waals surface area contributed by atoms with E-state index >= 15 is 0 Å². The molecular weight excluding hydrogens is 190 g/mol. The predicted molar refractivity (Wildman–Crippen MR) is 62.2 cm³/mol. The first-order valence-electron chi connectivity index (χ1n) is 6.25. The van der Waals surface area contributed by atoms with Crippen molar-refractivity contribution in [2.75, 3.05) is 26.4 Å². The van der Waals surface area contributed by atoms with Gasteiger partial charge >= 0.3 is 0 Å². The first-order valence-corrected chi connectivity index (χ1v) is 6.25. The lowest BCUT2D eigenvalue weighted by Gasteiger charge is -2.14. The van der Waals surface area contributed by atoms with Crippen LogP contribution in [0.25, 0.3) is 0 Å². The summed E-state index contributed by atoms with van der Waals surface area (Å²) in [5.74, 6) is 0. The van der Waals surface area contributed by atoms with Crippen molar-refractivity contribution in [2.24, 2.45) is 0 Å². The van der Waals surface area contributed by atoms with Gasteiger partial charge in [-0.25, -0.2) is 0 Å². The van der Waals surface area contributed by atoms with Crippen LogP contribution in [0, 0.1) is 0 Å². The topological polar surface area (TPSA) is 30.5 Å². The van der Waals surface area contributed by atoms with E-state index in [2.05, 4.69) is 19.2 Å². The fraction of sp³-hybridized carbons (Fsp3) is 1.00. The van der Waals surface area contributed by atoms with Crippen LogP contribution in [0.4, 0.5) is 0 Å². The van der Waals surface area contributed by atoms with E-state index in [4.69, 9.17) is 9.47 Å². The van der Waals surface area contributed by atoms with E-state index in [1.54, 1.807) is 0 Å². The van der Waals surface area contributed by atoms with Crippen molar-refractivity contribution in [1.29, 1.82) is 0 Å². The van der Waals surface area contributed by atoms with E-state index in [1.165, 1.54) is 19.3 Å². The molecule has 0 bridgehead atoms. The molecule has 0 aromatic heterocycles. The Balaban J connectivity index is 1.87. The maximum absolute atomic E-state index is 5.60. The van der Waals surface area contributed by atoms with Gasteiger partial charge in [-0.05, 0) is 39.2 Å². The molecule has 1 heterocycles. The monoisotopic (exact) mass is 215 g/mol. The predicted octanol–water partition coefficient (Wildman–Crippen LogP) is 1.96. The molecule has 0 radical (unpaired) electrons. The molecule has 15 heavy (non-hydrogen) atoms. The third-order valence-electron chi connectivity index (χ3n) is 2.77. The fourth-order valence-electron chi connectivity index (χ4n) is 1.74. The Morgan fingerprint density at radius 1 is 1.53 bits per heavy atom. The lowest BCUT2D eigenvalue weighted by molar-refractivity contribution is 0.0149. The Morgan fingerprint density at radius 2 is 2.40 bits per heavy atom. The van der Waals surface area contributed by atoms with Gasteiger partial charge in [-0.15, -0.1) is 0 Å². The largest absolute Gasteiger partial charge is 0.379 e. The van der Waals surface area contributed by atoms with E-state index in [-0.39, 0.29) is 0 Å². The molecule has 0 aromatic rings. The molecule has 0 amide bonds.